The molecule has 2 aromatic rings. The lowest BCUT2D eigenvalue weighted by atomic mass is 10.1. The van der Waals surface area contributed by atoms with Crippen LogP contribution in [0.4, 0.5) is 24.8 Å². The monoisotopic (exact) mass is 437 g/mol. The number of piperazine rings is 1. The number of nitrogens with one attached hydrogen (secondary N) is 2. The molecular weight excluding hydrogens is 411 g/mol. The summed E-state index contributed by atoms with van der Waals surface area (Å²) >= 11 is 0. The van der Waals surface area contributed by atoms with E-state index >= 15 is 0 Å². The largest absolute Gasteiger partial charge is 0.417 e. The van der Waals surface area contributed by atoms with E-state index in [0.29, 0.717) is 44.3 Å². The number of hydrazine groups is 2. The van der Waals surface area contributed by atoms with Gasteiger partial charge in [0.15, 0.2) is 5.82 Å². The highest BCUT2D eigenvalue weighted by atomic mass is 19.4. The molecule has 168 valence electrons. The lowest BCUT2D eigenvalue weighted by molar-refractivity contribution is -0.137. The van der Waals surface area contributed by atoms with Gasteiger partial charge in [-0.05, 0) is 37.1 Å². The summed E-state index contributed by atoms with van der Waals surface area (Å²) in [6.45, 7) is 6.57. The van der Waals surface area contributed by atoms with Gasteiger partial charge < -0.3 is 9.80 Å². The van der Waals surface area contributed by atoms with Gasteiger partial charge in [-0.2, -0.15) is 23.8 Å². The minimum atomic E-state index is -4.38. The first-order valence-electron chi connectivity index (χ1n) is 9.77. The fourth-order valence-electron chi connectivity index (χ4n) is 3.42. The van der Waals surface area contributed by atoms with Crippen LogP contribution in [0.2, 0.25) is 0 Å². The fourth-order valence-corrected chi connectivity index (χ4v) is 3.42. The van der Waals surface area contributed by atoms with E-state index in [1.165, 1.54) is 6.07 Å². The fraction of sp³-hybridized carbons (Fsp3) is 0.474. The van der Waals surface area contributed by atoms with Crippen LogP contribution in [0.3, 0.4) is 0 Å². The van der Waals surface area contributed by atoms with Gasteiger partial charge in [-0.3, -0.25) is 16.3 Å². The predicted molar refractivity (Wildman–Crippen MR) is 113 cm³/mol. The number of aromatic nitrogens is 3. The van der Waals surface area contributed by atoms with Gasteiger partial charge in [0.05, 0.1) is 17.7 Å². The summed E-state index contributed by atoms with van der Waals surface area (Å²) in [5.41, 5.74) is 7.24. The molecule has 9 nitrogen and oxygen atoms in total. The van der Waals surface area contributed by atoms with E-state index in [1.54, 1.807) is 7.05 Å². The van der Waals surface area contributed by atoms with E-state index in [0.717, 1.165) is 34.9 Å². The zero-order valence-electron chi connectivity index (χ0n) is 17.7. The minimum Gasteiger partial charge on any atom is -0.353 e. The maximum absolute atomic E-state index is 12.7. The van der Waals surface area contributed by atoms with Crippen molar-refractivity contribution < 1.29 is 13.2 Å². The lowest BCUT2D eigenvalue weighted by Gasteiger charge is -2.36. The van der Waals surface area contributed by atoms with Gasteiger partial charge in [0.25, 0.3) is 0 Å². The third-order valence-electron chi connectivity index (χ3n) is 5.40. The number of rotatable bonds is 5. The molecular formula is C19H26F3N9. The number of alkyl halides is 3. The van der Waals surface area contributed by atoms with Crippen molar-refractivity contribution >= 4 is 17.5 Å². The first kappa shape index (κ1) is 22.7. The molecule has 0 amide bonds. The smallest absolute Gasteiger partial charge is 0.353 e. The third kappa shape index (κ3) is 5.20. The van der Waals surface area contributed by atoms with E-state index in [9.17, 15) is 13.2 Å². The van der Waals surface area contributed by atoms with Crippen LogP contribution in [0.25, 0.3) is 0 Å². The Bertz CT molecular complexity index is 920. The summed E-state index contributed by atoms with van der Waals surface area (Å²) in [4.78, 5) is 12.2. The summed E-state index contributed by atoms with van der Waals surface area (Å²) < 4.78 is 38.2. The molecule has 1 aliphatic heterocycles. The number of pyridine rings is 1. The number of hydrogen-bond acceptors (Lipinski definition) is 8. The van der Waals surface area contributed by atoms with Crippen molar-refractivity contribution in [3.63, 3.8) is 0 Å². The molecule has 0 radical (unpaired) electrons. The molecule has 0 saturated carbocycles. The van der Waals surface area contributed by atoms with E-state index in [4.69, 9.17) is 5.84 Å². The second kappa shape index (κ2) is 9.43. The molecule has 0 aromatic carbocycles. The molecule has 0 spiro atoms. The van der Waals surface area contributed by atoms with Crippen molar-refractivity contribution in [2.45, 2.75) is 26.4 Å². The number of anilines is 2. The Balaban J connectivity index is 1.67. The average molecular weight is 437 g/mol. The Hall–Kier alpha value is -2.99. The molecule has 0 aliphatic carbocycles. The van der Waals surface area contributed by atoms with Gasteiger partial charge >= 0.3 is 6.18 Å². The summed E-state index contributed by atoms with van der Waals surface area (Å²) in [6.07, 6.45) is -3.04. The SMILES string of the molecule is CN=C(Cc1nnc(N2CCN(c3ccc(C(F)(F)F)cn3)CC2)c(C)c1C)NNN. The second-order valence-corrected chi connectivity index (χ2v) is 7.21. The predicted octanol–water partition coefficient (Wildman–Crippen LogP) is 1.37. The maximum Gasteiger partial charge on any atom is 0.417 e. The van der Waals surface area contributed by atoms with Crippen LogP contribution < -0.4 is 26.6 Å². The first-order chi connectivity index (χ1) is 14.7. The van der Waals surface area contributed by atoms with E-state index in [-0.39, 0.29) is 0 Å². The second-order valence-electron chi connectivity index (χ2n) is 7.21. The van der Waals surface area contributed by atoms with Crippen molar-refractivity contribution in [3.8, 4) is 0 Å². The third-order valence-corrected chi connectivity index (χ3v) is 5.40. The van der Waals surface area contributed by atoms with E-state index in [2.05, 4.69) is 36.0 Å². The summed E-state index contributed by atoms with van der Waals surface area (Å²) in [5, 5.41) is 8.81. The van der Waals surface area contributed by atoms with Crippen molar-refractivity contribution in [1.82, 2.24) is 26.1 Å². The molecule has 3 rings (SSSR count). The quantitative estimate of drug-likeness (QED) is 0.279. The molecule has 1 fully saturated rings. The molecule has 2 aromatic heterocycles. The highest BCUT2D eigenvalue weighted by molar-refractivity contribution is 5.83. The highest BCUT2D eigenvalue weighted by Crippen LogP contribution is 2.30. The Morgan fingerprint density at radius 1 is 1.10 bits per heavy atom. The summed E-state index contributed by atoms with van der Waals surface area (Å²) in [6, 6.07) is 2.48. The molecule has 1 aliphatic rings. The van der Waals surface area contributed by atoms with Crippen LogP contribution >= 0.6 is 0 Å². The first-order valence-corrected chi connectivity index (χ1v) is 9.77. The number of nitrogens with two attached hydrogens (primary N) is 1. The number of aliphatic imine (C=N–C) groups is 1. The number of nitrogens with zero attached hydrogens (tertiary/aromatic N) is 6. The molecule has 31 heavy (non-hydrogen) atoms. The Morgan fingerprint density at radius 2 is 1.77 bits per heavy atom. The van der Waals surface area contributed by atoms with Crippen LogP contribution in [0.1, 0.15) is 22.4 Å². The Labute approximate surface area is 178 Å². The average Bonchev–Trinajstić information content (AvgIpc) is 2.76. The van der Waals surface area contributed by atoms with Crippen LogP contribution in [0.15, 0.2) is 23.3 Å². The van der Waals surface area contributed by atoms with Crippen LogP contribution in [-0.2, 0) is 12.6 Å². The maximum atomic E-state index is 12.7. The zero-order valence-corrected chi connectivity index (χ0v) is 17.7. The topological polar surface area (TPSA) is 108 Å². The Kier molecular flexibility index (Phi) is 6.91. The molecule has 12 heteroatoms. The van der Waals surface area contributed by atoms with Crippen LogP contribution in [0, 0.1) is 13.8 Å². The lowest BCUT2D eigenvalue weighted by Crippen LogP contribution is -2.47. The summed E-state index contributed by atoms with van der Waals surface area (Å²) in [5.74, 6) is 7.27. The van der Waals surface area contributed by atoms with Crippen molar-refractivity contribution in [2.24, 2.45) is 10.8 Å². The van der Waals surface area contributed by atoms with E-state index < -0.39 is 11.7 Å². The van der Waals surface area contributed by atoms with Gasteiger partial charge in [-0.25, -0.2) is 4.98 Å². The van der Waals surface area contributed by atoms with Gasteiger partial charge in [-0.15, -0.1) is 5.10 Å². The van der Waals surface area contributed by atoms with Crippen LogP contribution in [-0.4, -0.2) is 54.2 Å². The van der Waals surface area contributed by atoms with E-state index in [1.807, 2.05) is 18.7 Å². The molecule has 1 saturated heterocycles. The van der Waals surface area contributed by atoms with Crippen molar-refractivity contribution in [1.29, 1.82) is 0 Å². The van der Waals surface area contributed by atoms with Gasteiger partial charge in [0.2, 0.25) is 0 Å². The highest BCUT2D eigenvalue weighted by Gasteiger charge is 2.31. The molecule has 4 N–H and O–H groups in total. The van der Waals surface area contributed by atoms with Gasteiger partial charge in [0.1, 0.15) is 11.7 Å². The van der Waals surface area contributed by atoms with Crippen molar-refractivity contribution in [2.75, 3.05) is 43.0 Å². The number of amidine groups is 1. The number of halogens is 3. The standard InChI is InChI=1S/C19H26F3N9/c1-12-13(2)18(28-26-15(12)10-16(24-3)27-29-23)31-8-6-30(7-9-31)17-5-4-14(11-25-17)19(20,21)22/h4-5,11,29H,6-10,23H2,1-3H3,(H,24,27). The molecule has 0 atom stereocenters. The zero-order chi connectivity index (χ0) is 22.6. The molecule has 0 unspecified atom stereocenters. The molecule has 3 heterocycles. The van der Waals surface area contributed by atoms with Gasteiger partial charge in [0, 0.05) is 39.4 Å². The Morgan fingerprint density at radius 3 is 2.32 bits per heavy atom. The molecule has 0 bridgehead atoms. The van der Waals surface area contributed by atoms with Crippen molar-refractivity contribution in [3.05, 3.63) is 40.7 Å². The minimum absolute atomic E-state index is 0.466. The van der Waals surface area contributed by atoms with Crippen LogP contribution in [0.5, 0.6) is 0 Å². The number of hydrogen-bond donors (Lipinski definition) is 3. The van der Waals surface area contributed by atoms with Gasteiger partial charge in [-0.1, -0.05) is 0 Å². The summed E-state index contributed by atoms with van der Waals surface area (Å²) in [7, 11) is 1.66. The normalized spacial score (nSPS) is 15.4.